The molecule has 0 bridgehead atoms. The van der Waals surface area contributed by atoms with Crippen molar-refractivity contribution in [1.82, 2.24) is 9.80 Å². The number of hydrogen-bond donors (Lipinski definition) is 2. The van der Waals surface area contributed by atoms with Crippen LogP contribution in [0.1, 0.15) is 6.42 Å². The molecule has 0 radical (unpaired) electrons. The van der Waals surface area contributed by atoms with Crippen molar-refractivity contribution in [2.45, 2.75) is 24.7 Å². The van der Waals surface area contributed by atoms with E-state index in [1.165, 1.54) is 16.9 Å². The third-order valence-electron chi connectivity index (χ3n) is 3.74. The van der Waals surface area contributed by atoms with Gasteiger partial charge in [0.1, 0.15) is 6.04 Å². The first kappa shape index (κ1) is 15.0. The van der Waals surface area contributed by atoms with Crippen LogP contribution in [0.3, 0.4) is 0 Å². The van der Waals surface area contributed by atoms with E-state index in [2.05, 4.69) is 0 Å². The van der Waals surface area contributed by atoms with Gasteiger partial charge in [0, 0.05) is 26.6 Å². The van der Waals surface area contributed by atoms with Crippen molar-refractivity contribution in [1.29, 1.82) is 0 Å². The maximum atomic E-state index is 12.4. The SMILES string of the molecule is COC1CC(C(=O)O)N(C(=O)N2CCOC(CO)C2)C1. The fourth-order valence-corrected chi connectivity index (χ4v) is 2.60. The van der Waals surface area contributed by atoms with Gasteiger partial charge in [0.15, 0.2) is 0 Å². The number of carboxylic acids is 1. The predicted octanol–water partition coefficient (Wildman–Crippen LogP) is -1.03. The normalized spacial score (nSPS) is 30.6. The molecule has 0 saturated carbocycles. The largest absolute Gasteiger partial charge is 0.480 e. The van der Waals surface area contributed by atoms with Crippen LogP contribution >= 0.6 is 0 Å². The summed E-state index contributed by atoms with van der Waals surface area (Å²) < 4.78 is 10.4. The summed E-state index contributed by atoms with van der Waals surface area (Å²) in [6.45, 7) is 1.13. The Bertz CT molecular complexity index is 377. The quantitative estimate of drug-likeness (QED) is 0.689. The zero-order valence-corrected chi connectivity index (χ0v) is 11.4. The summed E-state index contributed by atoms with van der Waals surface area (Å²) in [7, 11) is 1.51. The van der Waals surface area contributed by atoms with E-state index >= 15 is 0 Å². The van der Waals surface area contributed by atoms with Crippen molar-refractivity contribution < 1.29 is 29.3 Å². The van der Waals surface area contributed by atoms with Crippen molar-refractivity contribution >= 4 is 12.0 Å². The molecule has 2 fully saturated rings. The van der Waals surface area contributed by atoms with E-state index in [1.54, 1.807) is 0 Å². The summed E-state index contributed by atoms with van der Waals surface area (Å²) in [6.07, 6.45) is -0.364. The van der Waals surface area contributed by atoms with Gasteiger partial charge in [-0.05, 0) is 0 Å². The second-order valence-electron chi connectivity index (χ2n) is 5.00. The van der Waals surface area contributed by atoms with Gasteiger partial charge in [-0.1, -0.05) is 0 Å². The molecule has 3 unspecified atom stereocenters. The molecule has 2 aliphatic heterocycles. The number of likely N-dealkylation sites (tertiary alicyclic amines) is 1. The Morgan fingerprint density at radius 1 is 1.40 bits per heavy atom. The number of carbonyl (C=O) groups is 2. The van der Waals surface area contributed by atoms with Gasteiger partial charge in [-0.2, -0.15) is 0 Å². The minimum Gasteiger partial charge on any atom is -0.480 e. The summed E-state index contributed by atoms with van der Waals surface area (Å²) in [5.41, 5.74) is 0. The molecule has 20 heavy (non-hydrogen) atoms. The van der Waals surface area contributed by atoms with Crippen molar-refractivity contribution in [3.05, 3.63) is 0 Å². The summed E-state index contributed by atoms with van der Waals surface area (Å²) in [4.78, 5) is 26.5. The van der Waals surface area contributed by atoms with Crippen molar-refractivity contribution in [3.63, 3.8) is 0 Å². The number of aliphatic hydroxyl groups excluding tert-OH is 1. The first-order valence-electron chi connectivity index (χ1n) is 6.60. The fraction of sp³-hybridized carbons (Fsp3) is 0.833. The van der Waals surface area contributed by atoms with Crippen molar-refractivity contribution in [3.8, 4) is 0 Å². The zero-order chi connectivity index (χ0) is 14.7. The molecule has 0 aromatic heterocycles. The number of morpholine rings is 1. The third kappa shape index (κ3) is 3.02. The first-order chi connectivity index (χ1) is 9.56. The highest BCUT2D eigenvalue weighted by molar-refractivity contribution is 5.83. The molecule has 114 valence electrons. The molecule has 0 aromatic carbocycles. The van der Waals surface area contributed by atoms with Gasteiger partial charge >= 0.3 is 12.0 Å². The van der Waals surface area contributed by atoms with Crippen LogP contribution in [0.5, 0.6) is 0 Å². The highest BCUT2D eigenvalue weighted by atomic mass is 16.5. The molecule has 2 amide bonds. The molecule has 2 heterocycles. The van der Waals surface area contributed by atoms with E-state index in [9.17, 15) is 14.7 Å². The smallest absolute Gasteiger partial charge is 0.326 e. The number of carboxylic acid groups (broad SMARTS) is 1. The monoisotopic (exact) mass is 288 g/mol. The molecule has 8 nitrogen and oxygen atoms in total. The molecule has 0 aromatic rings. The number of carbonyl (C=O) groups excluding carboxylic acids is 1. The number of aliphatic carboxylic acids is 1. The number of amides is 2. The minimum atomic E-state index is -1.02. The van der Waals surface area contributed by atoms with Crippen LogP contribution in [0.25, 0.3) is 0 Å². The average molecular weight is 288 g/mol. The standard InChI is InChI=1S/C12H20N2O6/c1-19-8-4-10(11(16)17)14(6-8)12(18)13-2-3-20-9(5-13)7-15/h8-10,15H,2-7H2,1H3,(H,16,17). The van der Waals surface area contributed by atoms with E-state index in [1.807, 2.05) is 0 Å². The van der Waals surface area contributed by atoms with Crippen molar-refractivity contribution in [2.75, 3.05) is 40.0 Å². The number of urea groups is 1. The Morgan fingerprint density at radius 2 is 2.15 bits per heavy atom. The summed E-state index contributed by atoms with van der Waals surface area (Å²) in [5.74, 6) is -1.02. The van der Waals surface area contributed by atoms with E-state index in [0.29, 0.717) is 19.6 Å². The lowest BCUT2D eigenvalue weighted by Crippen LogP contribution is -2.54. The lowest BCUT2D eigenvalue weighted by Gasteiger charge is -2.35. The molecule has 0 spiro atoms. The van der Waals surface area contributed by atoms with Gasteiger partial charge in [0.2, 0.25) is 0 Å². The maximum Gasteiger partial charge on any atom is 0.326 e. The van der Waals surface area contributed by atoms with Crippen molar-refractivity contribution in [2.24, 2.45) is 0 Å². The van der Waals surface area contributed by atoms with E-state index in [-0.39, 0.29) is 31.8 Å². The van der Waals surface area contributed by atoms with Gasteiger partial charge < -0.3 is 29.5 Å². The Kier molecular flexibility index (Phi) is 4.79. The maximum absolute atomic E-state index is 12.4. The van der Waals surface area contributed by atoms with Crippen LogP contribution < -0.4 is 0 Å². The summed E-state index contributed by atoms with van der Waals surface area (Å²) in [6, 6.07) is -1.19. The fourth-order valence-electron chi connectivity index (χ4n) is 2.60. The number of nitrogens with zero attached hydrogens (tertiary/aromatic N) is 2. The topological polar surface area (TPSA) is 99.5 Å². The molecular formula is C12H20N2O6. The van der Waals surface area contributed by atoms with E-state index in [0.717, 1.165) is 0 Å². The number of hydrogen-bond acceptors (Lipinski definition) is 5. The Hall–Kier alpha value is -1.38. The van der Waals surface area contributed by atoms with Gasteiger partial charge in [-0.3, -0.25) is 0 Å². The summed E-state index contributed by atoms with van der Waals surface area (Å²) in [5, 5.41) is 18.3. The molecule has 2 rings (SSSR count). The van der Waals surface area contributed by atoms with Gasteiger partial charge in [0.05, 0.1) is 32.0 Å². The van der Waals surface area contributed by atoms with Crippen LogP contribution in [0, 0.1) is 0 Å². The number of ether oxygens (including phenoxy) is 2. The molecular weight excluding hydrogens is 268 g/mol. The lowest BCUT2D eigenvalue weighted by molar-refractivity contribution is -0.141. The van der Waals surface area contributed by atoms with Gasteiger partial charge in [-0.15, -0.1) is 0 Å². The van der Waals surface area contributed by atoms with Crippen LogP contribution in [0.2, 0.25) is 0 Å². The molecule has 2 saturated heterocycles. The number of aliphatic hydroxyl groups is 1. The number of rotatable bonds is 3. The van der Waals surface area contributed by atoms with Crippen LogP contribution in [-0.2, 0) is 14.3 Å². The predicted molar refractivity (Wildman–Crippen MR) is 67.3 cm³/mol. The molecule has 0 aliphatic carbocycles. The minimum absolute atomic E-state index is 0.160. The zero-order valence-electron chi connectivity index (χ0n) is 11.4. The van der Waals surface area contributed by atoms with Crippen LogP contribution in [-0.4, -0.2) is 90.2 Å². The molecule has 8 heteroatoms. The lowest BCUT2D eigenvalue weighted by atomic mass is 10.2. The highest BCUT2D eigenvalue weighted by Crippen LogP contribution is 2.22. The molecule has 2 aliphatic rings. The highest BCUT2D eigenvalue weighted by Gasteiger charge is 2.42. The Morgan fingerprint density at radius 3 is 2.75 bits per heavy atom. The van der Waals surface area contributed by atoms with Gasteiger partial charge in [0.25, 0.3) is 0 Å². The van der Waals surface area contributed by atoms with Gasteiger partial charge in [-0.25, -0.2) is 9.59 Å². The molecule has 3 atom stereocenters. The summed E-state index contributed by atoms with van der Waals surface area (Å²) >= 11 is 0. The average Bonchev–Trinajstić information content (AvgIpc) is 2.91. The second kappa shape index (κ2) is 6.38. The third-order valence-corrected chi connectivity index (χ3v) is 3.74. The first-order valence-corrected chi connectivity index (χ1v) is 6.60. The van der Waals surface area contributed by atoms with E-state index in [4.69, 9.17) is 14.6 Å². The van der Waals surface area contributed by atoms with Crippen LogP contribution in [0.4, 0.5) is 4.79 Å². The van der Waals surface area contributed by atoms with Crippen LogP contribution in [0.15, 0.2) is 0 Å². The van der Waals surface area contributed by atoms with E-state index < -0.39 is 18.1 Å². The molecule has 2 N–H and O–H groups in total. The Balaban J connectivity index is 2.04. The Labute approximate surface area is 116 Å². The number of methoxy groups -OCH3 is 1. The second-order valence-corrected chi connectivity index (χ2v) is 5.00.